The number of ether oxygens (including phenoxy) is 2. The molecule has 3 nitrogen and oxygen atoms in total. The fourth-order valence-corrected chi connectivity index (χ4v) is 1.86. The Bertz CT molecular complexity index is 162. The van der Waals surface area contributed by atoms with Crippen LogP contribution in [0.25, 0.3) is 0 Å². The molecule has 5 heteroatoms. The van der Waals surface area contributed by atoms with E-state index in [9.17, 15) is 8.78 Å². The van der Waals surface area contributed by atoms with E-state index in [2.05, 4.69) is 9.47 Å². The zero-order valence-corrected chi connectivity index (χ0v) is 7.80. The van der Waals surface area contributed by atoms with Crippen LogP contribution in [0.4, 0.5) is 8.78 Å². The van der Waals surface area contributed by atoms with E-state index in [0.717, 1.165) is 0 Å². The van der Waals surface area contributed by atoms with E-state index in [1.807, 2.05) is 0 Å². The van der Waals surface area contributed by atoms with Crippen LogP contribution < -0.4 is 5.73 Å². The van der Waals surface area contributed by atoms with Crippen molar-refractivity contribution in [3.05, 3.63) is 0 Å². The number of hydrogen-bond donors (Lipinski definition) is 1. The highest BCUT2D eigenvalue weighted by Crippen LogP contribution is 2.49. The summed E-state index contributed by atoms with van der Waals surface area (Å²) in [6, 6.07) is -0.151. The van der Waals surface area contributed by atoms with Crippen LogP contribution in [0.3, 0.4) is 0 Å². The Hall–Kier alpha value is -0.260. The quantitative estimate of drug-likeness (QED) is 0.727. The van der Waals surface area contributed by atoms with Crippen LogP contribution in [-0.2, 0) is 9.47 Å². The van der Waals surface area contributed by atoms with Gasteiger partial charge >= 0.3 is 0 Å². The Morgan fingerprint density at radius 2 is 1.62 bits per heavy atom. The van der Waals surface area contributed by atoms with Crippen molar-refractivity contribution >= 4 is 0 Å². The van der Waals surface area contributed by atoms with Gasteiger partial charge in [-0.3, -0.25) is 0 Å². The Balaban J connectivity index is 2.66. The molecule has 1 saturated carbocycles. The maximum Gasteiger partial charge on any atom is 0.209 e. The predicted octanol–water partition coefficient (Wildman–Crippen LogP) is 0.978. The Labute approximate surface area is 76.2 Å². The van der Waals surface area contributed by atoms with Gasteiger partial charge in [0, 0.05) is 20.3 Å². The summed E-state index contributed by atoms with van der Waals surface area (Å²) in [6.07, 6.45) is -2.78. The van der Waals surface area contributed by atoms with Gasteiger partial charge in [0.1, 0.15) is 0 Å². The van der Waals surface area contributed by atoms with Crippen molar-refractivity contribution in [2.45, 2.75) is 31.6 Å². The molecule has 0 amide bonds. The van der Waals surface area contributed by atoms with Gasteiger partial charge in [-0.25, -0.2) is 8.78 Å². The average molecular weight is 195 g/mol. The van der Waals surface area contributed by atoms with Gasteiger partial charge in [-0.1, -0.05) is 0 Å². The number of alkyl halides is 2. The van der Waals surface area contributed by atoms with Crippen molar-refractivity contribution in [1.82, 2.24) is 0 Å². The van der Waals surface area contributed by atoms with Crippen molar-refractivity contribution in [2.24, 2.45) is 11.1 Å². The zero-order valence-electron chi connectivity index (χ0n) is 7.80. The first-order valence-electron chi connectivity index (χ1n) is 4.16. The fraction of sp³-hybridized carbons (Fsp3) is 1.00. The Morgan fingerprint density at radius 1 is 1.23 bits per heavy atom. The van der Waals surface area contributed by atoms with E-state index < -0.39 is 18.1 Å². The summed E-state index contributed by atoms with van der Waals surface area (Å²) in [4.78, 5) is 0. The van der Waals surface area contributed by atoms with E-state index in [4.69, 9.17) is 5.73 Å². The first-order chi connectivity index (χ1) is 6.06. The van der Waals surface area contributed by atoms with E-state index in [0.29, 0.717) is 0 Å². The van der Waals surface area contributed by atoms with Gasteiger partial charge in [0.15, 0.2) is 0 Å². The number of rotatable bonds is 4. The minimum absolute atomic E-state index is 0.151. The molecule has 1 fully saturated rings. The molecule has 2 atom stereocenters. The minimum atomic E-state index is -1.65. The van der Waals surface area contributed by atoms with Gasteiger partial charge in [-0.2, -0.15) is 0 Å². The molecule has 0 aromatic carbocycles. The highest BCUT2D eigenvalue weighted by molar-refractivity contribution is 5.00. The lowest BCUT2D eigenvalue weighted by Crippen LogP contribution is -2.57. The van der Waals surface area contributed by atoms with Crippen molar-refractivity contribution in [3.63, 3.8) is 0 Å². The molecule has 0 saturated heterocycles. The van der Waals surface area contributed by atoms with Crippen molar-refractivity contribution in [3.8, 4) is 0 Å². The number of hydrogen-bond acceptors (Lipinski definition) is 3. The summed E-state index contributed by atoms with van der Waals surface area (Å²) in [7, 11) is 2.41. The van der Waals surface area contributed by atoms with Crippen LogP contribution in [0.5, 0.6) is 0 Å². The molecule has 0 heterocycles. The third-order valence-corrected chi connectivity index (χ3v) is 2.60. The second-order valence-corrected chi connectivity index (χ2v) is 3.50. The number of halogens is 2. The summed E-state index contributed by atoms with van der Waals surface area (Å²) in [5.74, 6) is 0. The normalized spacial score (nSPS) is 38.1. The molecule has 0 bridgehead atoms. The summed E-state index contributed by atoms with van der Waals surface area (Å²) >= 11 is 0. The number of nitrogens with two attached hydrogens (primary N) is 1. The molecule has 2 unspecified atom stereocenters. The molecule has 2 N–H and O–H groups in total. The highest BCUT2D eigenvalue weighted by atomic mass is 19.2. The van der Waals surface area contributed by atoms with Gasteiger partial charge < -0.3 is 15.2 Å². The van der Waals surface area contributed by atoms with Gasteiger partial charge in [0.25, 0.3) is 0 Å². The first kappa shape index (κ1) is 10.8. The maximum atomic E-state index is 13.2. The van der Waals surface area contributed by atoms with E-state index in [-0.39, 0.29) is 18.9 Å². The van der Waals surface area contributed by atoms with Crippen LogP contribution in [0, 0.1) is 5.41 Å². The lowest BCUT2D eigenvalue weighted by atomic mass is 9.65. The highest BCUT2D eigenvalue weighted by Gasteiger charge is 2.56. The van der Waals surface area contributed by atoms with Crippen LogP contribution in [0.15, 0.2) is 0 Å². The van der Waals surface area contributed by atoms with Crippen molar-refractivity contribution in [2.75, 3.05) is 14.2 Å². The van der Waals surface area contributed by atoms with Crippen LogP contribution in [0.2, 0.25) is 0 Å². The molecule has 0 aliphatic heterocycles. The van der Waals surface area contributed by atoms with E-state index in [1.165, 1.54) is 14.2 Å². The second-order valence-electron chi connectivity index (χ2n) is 3.50. The SMILES string of the molecule is COC(F)C1(C(F)OC)CC(N)C1. The standard InChI is InChI=1S/C8H15F2NO2/c1-12-6(9)8(7(10)13-2)3-5(11)4-8/h5-7H,3-4,11H2,1-2H3. The molecule has 0 aromatic rings. The minimum Gasteiger partial charge on any atom is -0.351 e. The molecular weight excluding hydrogens is 180 g/mol. The van der Waals surface area contributed by atoms with Crippen LogP contribution >= 0.6 is 0 Å². The molecule has 1 rings (SSSR count). The predicted molar refractivity (Wildman–Crippen MR) is 43.5 cm³/mol. The van der Waals surface area contributed by atoms with Crippen LogP contribution in [-0.4, -0.2) is 33.0 Å². The maximum absolute atomic E-state index is 13.2. The second kappa shape index (κ2) is 3.86. The van der Waals surface area contributed by atoms with E-state index in [1.54, 1.807) is 0 Å². The molecular formula is C8H15F2NO2. The summed E-state index contributed by atoms with van der Waals surface area (Å²) < 4.78 is 35.5. The molecule has 0 spiro atoms. The molecule has 1 aliphatic carbocycles. The number of methoxy groups -OCH3 is 2. The smallest absolute Gasteiger partial charge is 0.209 e. The van der Waals surface area contributed by atoms with Crippen molar-refractivity contribution < 1.29 is 18.3 Å². The molecule has 78 valence electrons. The fourth-order valence-electron chi connectivity index (χ4n) is 1.86. The first-order valence-corrected chi connectivity index (χ1v) is 4.16. The monoisotopic (exact) mass is 195 g/mol. The summed E-state index contributed by atoms with van der Waals surface area (Å²) in [5.41, 5.74) is 4.30. The Kier molecular flexibility index (Phi) is 3.21. The third-order valence-electron chi connectivity index (χ3n) is 2.60. The summed E-state index contributed by atoms with van der Waals surface area (Å²) in [5, 5.41) is 0. The van der Waals surface area contributed by atoms with Gasteiger partial charge in [-0.05, 0) is 12.8 Å². The topological polar surface area (TPSA) is 44.5 Å². The van der Waals surface area contributed by atoms with E-state index >= 15 is 0 Å². The molecule has 1 aliphatic rings. The van der Waals surface area contributed by atoms with Gasteiger partial charge in [0.05, 0.1) is 5.41 Å². The molecule has 13 heavy (non-hydrogen) atoms. The summed E-state index contributed by atoms with van der Waals surface area (Å²) in [6.45, 7) is 0. The average Bonchev–Trinajstić information content (AvgIpc) is 2.09. The third kappa shape index (κ3) is 1.68. The van der Waals surface area contributed by atoms with Crippen LogP contribution in [0.1, 0.15) is 12.8 Å². The lowest BCUT2D eigenvalue weighted by molar-refractivity contribution is -0.236. The molecule has 0 radical (unpaired) electrons. The van der Waals surface area contributed by atoms with Gasteiger partial charge in [0.2, 0.25) is 12.7 Å². The molecule has 0 aromatic heterocycles. The largest absolute Gasteiger partial charge is 0.351 e. The van der Waals surface area contributed by atoms with Gasteiger partial charge in [-0.15, -0.1) is 0 Å². The zero-order chi connectivity index (χ0) is 10.1. The Morgan fingerprint density at radius 3 is 1.85 bits per heavy atom. The lowest BCUT2D eigenvalue weighted by Gasteiger charge is -2.48. The van der Waals surface area contributed by atoms with Crippen molar-refractivity contribution in [1.29, 1.82) is 0 Å².